The average Bonchev–Trinajstić information content (AvgIpc) is 2.80. The summed E-state index contributed by atoms with van der Waals surface area (Å²) in [4.78, 5) is 33.3. The number of fused-ring (bicyclic) bond motifs is 1. The Labute approximate surface area is 136 Å². The van der Waals surface area contributed by atoms with Crippen molar-refractivity contribution in [3.63, 3.8) is 0 Å². The van der Waals surface area contributed by atoms with Crippen molar-refractivity contribution in [2.45, 2.75) is 26.7 Å². The maximum Gasteiger partial charge on any atom is 0.260 e. The van der Waals surface area contributed by atoms with Gasteiger partial charge in [-0.2, -0.15) is 0 Å². The first-order valence-electron chi connectivity index (χ1n) is 6.80. The normalized spacial score (nSPS) is 16.2. The van der Waals surface area contributed by atoms with Crippen LogP contribution in [-0.4, -0.2) is 21.7 Å². The van der Waals surface area contributed by atoms with Gasteiger partial charge in [0, 0.05) is 12.6 Å². The first kappa shape index (κ1) is 15.1. The topological polar surface area (TPSA) is 72.0 Å². The van der Waals surface area contributed by atoms with E-state index in [1.165, 1.54) is 17.5 Å². The van der Waals surface area contributed by atoms with Crippen LogP contribution in [0.2, 0.25) is 5.15 Å². The number of Topliss-reactive ketones (excluding diaryl/α,β-unsaturated/α-hetero) is 1. The summed E-state index contributed by atoms with van der Waals surface area (Å²) < 4.78 is 0. The van der Waals surface area contributed by atoms with Crippen molar-refractivity contribution in [2.75, 3.05) is 5.32 Å². The lowest BCUT2D eigenvalue weighted by atomic mass is 9.78. The van der Waals surface area contributed by atoms with E-state index in [1.807, 2.05) is 13.8 Å². The predicted octanol–water partition coefficient (Wildman–Crippen LogP) is 3.60. The smallest absolute Gasteiger partial charge is 0.260 e. The van der Waals surface area contributed by atoms with Crippen LogP contribution in [0.4, 0.5) is 5.13 Å². The molecule has 1 aliphatic rings. The number of carbonyl (C=O) groups is 2. The van der Waals surface area contributed by atoms with Crippen LogP contribution >= 0.6 is 22.9 Å². The summed E-state index contributed by atoms with van der Waals surface area (Å²) in [5.74, 6) is -0.292. The van der Waals surface area contributed by atoms with Gasteiger partial charge >= 0.3 is 0 Å². The number of hydrogen-bond acceptors (Lipinski definition) is 5. The molecule has 22 heavy (non-hydrogen) atoms. The summed E-state index contributed by atoms with van der Waals surface area (Å²) in [5.41, 5.74) is 0.953. The Morgan fingerprint density at radius 3 is 2.91 bits per heavy atom. The molecular weight excluding hydrogens is 322 g/mol. The van der Waals surface area contributed by atoms with Crippen LogP contribution in [0.15, 0.2) is 18.3 Å². The molecule has 0 saturated carbocycles. The first-order valence-corrected chi connectivity index (χ1v) is 8.00. The molecule has 0 fully saturated rings. The lowest BCUT2D eigenvalue weighted by Gasteiger charge is -2.26. The van der Waals surface area contributed by atoms with Crippen LogP contribution in [0, 0.1) is 5.41 Å². The molecule has 3 rings (SSSR count). The minimum atomic E-state index is -0.379. The molecule has 0 unspecified atom stereocenters. The van der Waals surface area contributed by atoms with E-state index in [0.29, 0.717) is 16.4 Å². The number of aromatic nitrogens is 2. The fourth-order valence-corrected chi connectivity index (χ4v) is 3.61. The van der Waals surface area contributed by atoms with Gasteiger partial charge < -0.3 is 0 Å². The maximum atomic E-state index is 12.2. The Morgan fingerprint density at radius 1 is 1.41 bits per heavy atom. The third kappa shape index (κ3) is 2.89. The summed E-state index contributed by atoms with van der Waals surface area (Å²) in [7, 11) is 0. The highest BCUT2D eigenvalue weighted by molar-refractivity contribution is 7.17. The van der Waals surface area contributed by atoms with Gasteiger partial charge in [0.1, 0.15) is 5.15 Å². The maximum absolute atomic E-state index is 12.2. The van der Waals surface area contributed by atoms with Gasteiger partial charge in [-0.05, 0) is 24.0 Å². The van der Waals surface area contributed by atoms with Crippen LogP contribution < -0.4 is 5.32 Å². The van der Waals surface area contributed by atoms with Gasteiger partial charge in [-0.1, -0.05) is 36.8 Å². The largest absolute Gasteiger partial charge is 0.298 e. The third-order valence-electron chi connectivity index (χ3n) is 3.46. The molecule has 0 saturated heterocycles. The summed E-state index contributed by atoms with van der Waals surface area (Å²) in [6.45, 7) is 4.09. The van der Waals surface area contributed by atoms with E-state index in [4.69, 9.17) is 11.6 Å². The lowest BCUT2D eigenvalue weighted by Crippen LogP contribution is -2.26. The number of thiazole rings is 1. The Balaban J connectivity index is 1.85. The number of ketones is 1. The number of hydrogen-bond donors (Lipinski definition) is 1. The molecule has 2 aromatic heterocycles. The van der Waals surface area contributed by atoms with E-state index in [-0.39, 0.29) is 27.8 Å². The monoisotopic (exact) mass is 335 g/mol. The van der Waals surface area contributed by atoms with Crippen molar-refractivity contribution < 1.29 is 9.59 Å². The van der Waals surface area contributed by atoms with E-state index < -0.39 is 0 Å². The molecule has 0 aromatic carbocycles. The van der Waals surface area contributed by atoms with Crippen molar-refractivity contribution in [3.8, 4) is 0 Å². The number of amides is 1. The van der Waals surface area contributed by atoms with Crippen molar-refractivity contribution in [1.82, 2.24) is 9.97 Å². The molecule has 1 N–H and O–H groups in total. The quantitative estimate of drug-likeness (QED) is 0.851. The van der Waals surface area contributed by atoms with Crippen molar-refractivity contribution >= 4 is 39.8 Å². The molecule has 0 radical (unpaired) electrons. The zero-order valence-electron chi connectivity index (χ0n) is 12.1. The lowest BCUT2D eigenvalue weighted by molar-refractivity contribution is 0.0915. The van der Waals surface area contributed by atoms with E-state index in [2.05, 4.69) is 15.3 Å². The Morgan fingerprint density at radius 2 is 2.18 bits per heavy atom. The molecule has 0 aliphatic heterocycles. The highest BCUT2D eigenvalue weighted by atomic mass is 35.5. The molecule has 0 bridgehead atoms. The zero-order chi connectivity index (χ0) is 15.9. The van der Waals surface area contributed by atoms with Crippen LogP contribution in [0.5, 0.6) is 0 Å². The molecule has 0 spiro atoms. The predicted molar refractivity (Wildman–Crippen MR) is 85.7 cm³/mol. The number of halogens is 1. The summed E-state index contributed by atoms with van der Waals surface area (Å²) in [5, 5.41) is 3.25. The zero-order valence-corrected chi connectivity index (χ0v) is 13.7. The number of nitrogens with zero attached hydrogens (tertiary/aromatic N) is 2. The number of rotatable bonds is 2. The van der Waals surface area contributed by atoms with Crippen LogP contribution in [0.25, 0.3) is 0 Å². The van der Waals surface area contributed by atoms with Crippen LogP contribution in [0.3, 0.4) is 0 Å². The molecule has 2 aromatic rings. The second kappa shape index (κ2) is 5.44. The van der Waals surface area contributed by atoms with Gasteiger partial charge in [0.15, 0.2) is 10.9 Å². The molecule has 1 aliphatic carbocycles. The second-order valence-electron chi connectivity index (χ2n) is 6.03. The third-order valence-corrected chi connectivity index (χ3v) is 4.82. The van der Waals surface area contributed by atoms with E-state index in [0.717, 1.165) is 12.1 Å². The van der Waals surface area contributed by atoms with Gasteiger partial charge in [0.05, 0.1) is 16.1 Å². The van der Waals surface area contributed by atoms with E-state index in [9.17, 15) is 9.59 Å². The average molecular weight is 336 g/mol. The van der Waals surface area contributed by atoms with Crippen LogP contribution in [0.1, 0.15) is 46.0 Å². The fourth-order valence-electron chi connectivity index (χ4n) is 2.49. The summed E-state index contributed by atoms with van der Waals surface area (Å²) in [6, 6.07) is 3.23. The van der Waals surface area contributed by atoms with Crippen LogP contribution in [-0.2, 0) is 6.42 Å². The molecular formula is C15H14ClN3O2S. The fraction of sp³-hybridized carbons (Fsp3) is 0.333. The molecule has 7 heteroatoms. The van der Waals surface area contributed by atoms with Gasteiger partial charge in [-0.25, -0.2) is 9.97 Å². The summed E-state index contributed by atoms with van der Waals surface area (Å²) >= 11 is 7.12. The molecule has 2 heterocycles. The van der Waals surface area contributed by atoms with Crippen molar-refractivity contribution in [2.24, 2.45) is 5.41 Å². The minimum Gasteiger partial charge on any atom is -0.298 e. The summed E-state index contributed by atoms with van der Waals surface area (Å²) in [6.07, 6.45) is 2.75. The Hall–Kier alpha value is -1.79. The molecule has 114 valence electrons. The minimum absolute atomic E-state index is 0.0867. The highest BCUT2D eigenvalue weighted by Gasteiger charge is 2.34. The number of carbonyl (C=O) groups excluding carboxylic acids is 2. The molecule has 1 amide bonds. The van der Waals surface area contributed by atoms with Gasteiger partial charge in [-0.3, -0.25) is 14.9 Å². The van der Waals surface area contributed by atoms with Crippen molar-refractivity contribution in [3.05, 3.63) is 39.6 Å². The van der Waals surface area contributed by atoms with Gasteiger partial charge in [-0.15, -0.1) is 0 Å². The Kier molecular flexibility index (Phi) is 3.74. The standard InChI is InChI=1S/C15H14ClN3O2S/c1-15(2)6-9-11(10(20)7-15)22-14(18-9)19-13(21)8-4-3-5-17-12(8)16/h3-5H,6-7H2,1-2H3,(H,18,19,21). The first-order chi connectivity index (χ1) is 10.4. The number of anilines is 1. The van der Waals surface area contributed by atoms with E-state index >= 15 is 0 Å². The number of nitrogens with one attached hydrogen (secondary N) is 1. The van der Waals surface area contributed by atoms with Crippen molar-refractivity contribution in [1.29, 1.82) is 0 Å². The molecule has 0 atom stereocenters. The number of pyridine rings is 1. The van der Waals surface area contributed by atoms with Gasteiger partial charge in [0.25, 0.3) is 5.91 Å². The second-order valence-corrected chi connectivity index (χ2v) is 7.39. The molecule has 5 nitrogen and oxygen atoms in total. The highest BCUT2D eigenvalue weighted by Crippen LogP contribution is 2.38. The Bertz CT molecular complexity index is 770. The van der Waals surface area contributed by atoms with E-state index in [1.54, 1.807) is 12.1 Å². The van der Waals surface area contributed by atoms with Gasteiger partial charge in [0.2, 0.25) is 0 Å². The SMILES string of the molecule is CC1(C)CC(=O)c2sc(NC(=O)c3cccnc3Cl)nc2C1.